The van der Waals surface area contributed by atoms with Gasteiger partial charge in [0, 0.05) is 12.8 Å². The van der Waals surface area contributed by atoms with Crippen LogP contribution in [-0.4, -0.2) is 17.9 Å². The number of esters is 1. The smallest absolute Gasteiger partial charge is 0.306 e. The van der Waals surface area contributed by atoms with Gasteiger partial charge in [0.1, 0.15) is 0 Å². The molecule has 0 aromatic carbocycles. The second-order valence-electron chi connectivity index (χ2n) is 3.65. The van der Waals surface area contributed by atoms with Crippen LogP contribution >= 0.6 is 0 Å². The van der Waals surface area contributed by atoms with Gasteiger partial charge in [-0.05, 0) is 26.2 Å². The first-order valence-electron chi connectivity index (χ1n) is 5.53. The summed E-state index contributed by atoms with van der Waals surface area (Å²) in [5.41, 5.74) is 0. The number of Topliss-reactive ketones (excluding diaryl/α,β-unsaturated/α-hetero) is 1. The molecule has 0 aromatic heterocycles. The summed E-state index contributed by atoms with van der Waals surface area (Å²) in [6.07, 6.45) is 6.07. The normalized spacial score (nSPS) is 11.6. The first kappa shape index (κ1) is 14.6. The number of unbranched alkanes of at least 4 members (excludes halogenated alkanes) is 2. The van der Waals surface area contributed by atoms with Crippen LogP contribution in [0.2, 0.25) is 0 Å². The second kappa shape index (κ2) is 8.89. The Labute approximate surface area is 97.2 Å². The third-order valence-electron chi connectivity index (χ3n) is 2.15. The van der Waals surface area contributed by atoms with Crippen molar-refractivity contribution in [3.05, 3.63) is 25.3 Å². The van der Waals surface area contributed by atoms with Crippen LogP contribution in [0.4, 0.5) is 0 Å². The standard InChI is InChI=1S/C13H20O3/c1-4-6-7-8-10-13(15)16-12(9-5-2)11(3)14/h4-5,12H,1-2,6-10H2,3H3/t12-/m0/s1. The van der Waals surface area contributed by atoms with Gasteiger partial charge in [-0.15, -0.1) is 13.2 Å². The van der Waals surface area contributed by atoms with Gasteiger partial charge in [-0.3, -0.25) is 9.59 Å². The predicted octanol–water partition coefficient (Wildman–Crippen LogP) is 2.81. The predicted molar refractivity (Wildman–Crippen MR) is 64.0 cm³/mol. The Morgan fingerprint density at radius 2 is 1.94 bits per heavy atom. The number of ketones is 1. The maximum atomic E-state index is 11.4. The van der Waals surface area contributed by atoms with Crippen LogP contribution in [0, 0.1) is 0 Å². The van der Waals surface area contributed by atoms with Crippen LogP contribution in [0.15, 0.2) is 25.3 Å². The van der Waals surface area contributed by atoms with Gasteiger partial charge in [0.15, 0.2) is 11.9 Å². The molecule has 0 rings (SSSR count). The highest BCUT2D eigenvalue weighted by atomic mass is 16.5. The van der Waals surface area contributed by atoms with Gasteiger partial charge in [0.2, 0.25) is 0 Å². The lowest BCUT2D eigenvalue weighted by Crippen LogP contribution is -2.24. The average Bonchev–Trinajstić information content (AvgIpc) is 2.23. The van der Waals surface area contributed by atoms with Gasteiger partial charge in [-0.25, -0.2) is 0 Å². The quantitative estimate of drug-likeness (QED) is 0.343. The highest BCUT2D eigenvalue weighted by Crippen LogP contribution is 2.06. The van der Waals surface area contributed by atoms with Crippen LogP contribution in [0.25, 0.3) is 0 Å². The Morgan fingerprint density at radius 3 is 2.44 bits per heavy atom. The summed E-state index contributed by atoms with van der Waals surface area (Å²) < 4.78 is 5.05. The third-order valence-corrected chi connectivity index (χ3v) is 2.15. The molecule has 0 saturated carbocycles. The van der Waals surface area contributed by atoms with Crippen LogP contribution in [0.1, 0.15) is 39.0 Å². The molecular formula is C13H20O3. The molecule has 16 heavy (non-hydrogen) atoms. The molecule has 0 fully saturated rings. The summed E-state index contributed by atoms with van der Waals surface area (Å²) in [6, 6.07) is 0. The van der Waals surface area contributed by atoms with E-state index in [1.165, 1.54) is 6.92 Å². The van der Waals surface area contributed by atoms with Gasteiger partial charge in [0.25, 0.3) is 0 Å². The number of carbonyl (C=O) groups excluding carboxylic acids is 2. The summed E-state index contributed by atoms with van der Waals surface area (Å²) in [7, 11) is 0. The molecule has 1 atom stereocenters. The molecule has 0 aromatic rings. The van der Waals surface area contributed by atoms with E-state index < -0.39 is 6.10 Å². The highest BCUT2D eigenvalue weighted by molar-refractivity contribution is 5.83. The molecular weight excluding hydrogens is 204 g/mol. The fourth-order valence-corrected chi connectivity index (χ4v) is 1.22. The lowest BCUT2D eigenvalue weighted by atomic mass is 10.1. The fraction of sp³-hybridized carbons (Fsp3) is 0.538. The first-order valence-corrected chi connectivity index (χ1v) is 5.53. The van der Waals surface area contributed by atoms with Crippen molar-refractivity contribution < 1.29 is 14.3 Å². The van der Waals surface area contributed by atoms with Crippen molar-refractivity contribution >= 4 is 11.8 Å². The van der Waals surface area contributed by atoms with Gasteiger partial charge >= 0.3 is 5.97 Å². The van der Waals surface area contributed by atoms with E-state index in [-0.39, 0.29) is 11.8 Å². The van der Waals surface area contributed by atoms with Crippen LogP contribution < -0.4 is 0 Å². The van der Waals surface area contributed by atoms with Crippen LogP contribution in [-0.2, 0) is 14.3 Å². The number of rotatable bonds is 9. The molecule has 0 aliphatic rings. The largest absolute Gasteiger partial charge is 0.454 e. The molecule has 0 radical (unpaired) electrons. The Kier molecular flexibility index (Phi) is 8.12. The average molecular weight is 224 g/mol. The molecule has 0 unspecified atom stereocenters. The Hall–Kier alpha value is -1.38. The summed E-state index contributed by atoms with van der Waals surface area (Å²) in [6.45, 7) is 8.54. The topological polar surface area (TPSA) is 43.4 Å². The Bertz CT molecular complexity index is 256. The van der Waals surface area contributed by atoms with E-state index in [0.29, 0.717) is 12.8 Å². The highest BCUT2D eigenvalue weighted by Gasteiger charge is 2.16. The van der Waals surface area contributed by atoms with Crippen molar-refractivity contribution in [2.24, 2.45) is 0 Å². The van der Waals surface area contributed by atoms with Crippen molar-refractivity contribution in [3.63, 3.8) is 0 Å². The third kappa shape index (κ3) is 6.98. The zero-order valence-electron chi connectivity index (χ0n) is 9.91. The lowest BCUT2D eigenvalue weighted by molar-refractivity contribution is -0.154. The van der Waals surface area contributed by atoms with E-state index in [0.717, 1.165) is 19.3 Å². The molecule has 0 heterocycles. The first-order chi connectivity index (χ1) is 7.61. The van der Waals surface area contributed by atoms with Gasteiger partial charge in [0.05, 0.1) is 0 Å². The van der Waals surface area contributed by atoms with E-state index in [4.69, 9.17) is 4.74 Å². The minimum atomic E-state index is -0.663. The van der Waals surface area contributed by atoms with Crippen LogP contribution in [0.3, 0.4) is 0 Å². The van der Waals surface area contributed by atoms with Crippen molar-refractivity contribution in [1.29, 1.82) is 0 Å². The van der Waals surface area contributed by atoms with E-state index in [1.54, 1.807) is 6.08 Å². The SMILES string of the molecule is C=CCCCCC(=O)O[C@@H](CC=C)C(C)=O. The van der Waals surface area contributed by atoms with Crippen molar-refractivity contribution in [3.8, 4) is 0 Å². The van der Waals surface area contributed by atoms with Crippen molar-refractivity contribution in [2.75, 3.05) is 0 Å². The number of carbonyl (C=O) groups is 2. The minimum Gasteiger partial charge on any atom is -0.454 e. The second-order valence-corrected chi connectivity index (χ2v) is 3.65. The number of allylic oxidation sites excluding steroid dienone is 1. The van der Waals surface area contributed by atoms with E-state index >= 15 is 0 Å². The number of ether oxygens (including phenoxy) is 1. The molecule has 0 saturated heterocycles. The zero-order chi connectivity index (χ0) is 12.4. The maximum absolute atomic E-state index is 11.4. The van der Waals surface area contributed by atoms with Crippen molar-refractivity contribution in [2.45, 2.75) is 45.1 Å². The summed E-state index contributed by atoms with van der Waals surface area (Å²) in [5.74, 6) is -0.453. The molecule has 0 spiro atoms. The van der Waals surface area contributed by atoms with Gasteiger partial charge in [-0.1, -0.05) is 12.2 Å². The summed E-state index contributed by atoms with van der Waals surface area (Å²) >= 11 is 0. The Morgan fingerprint density at radius 1 is 1.25 bits per heavy atom. The molecule has 0 aliphatic heterocycles. The number of hydrogen-bond donors (Lipinski definition) is 0. The molecule has 0 N–H and O–H groups in total. The van der Waals surface area contributed by atoms with Crippen LogP contribution in [0.5, 0.6) is 0 Å². The molecule has 0 amide bonds. The van der Waals surface area contributed by atoms with E-state index in [1.807, 2.05) is 6.08 Å². The van der Waals surface area contributed by atoms with Crippen molar-refractivity contribution in [1.82, 2.24) is 0 Å². The Balaban J connectivity index is 3.85. The monoisotopic (exact) mass is 224 g/mol. The van der Waals surface area contributed by atoms with E-state index in [2.05, 4.69) is 13.2 Å². The fourth-order valence-electron chi connectivity index (χ4n) is 1.22. The summed E-state index contributed by atoms with van der Waals surface area (Å²) in [4.78, 5) is 22.5. The van der Waals surface area contributed by atoms with Gasteiger partial charge in [-0.2, -0.15) is 0 Å². The minimum absolute atomic E-state index is 0.139. The maximum Gasteiger partial charge on any atom is 0.306 e. The van der Waals surface area contributed by atoms with Gasteiger partial charge < -0.3 is 4.74 Å². The van der Waals surface area contributed by atoms with E-state index in [9.17, 15) is 9.59 Å². The number of hydrogen-bond acceptors (Lipinski definition) is 3. The molecule has 3 heteroatoms. The summed E-state index contributed by atoms with van der Waals surface area (Å²) in [5, 5.41) is 0. The lowest BCUT2D eigenvalue weighted by Gasteiger charge is -2.12. The molecule has 90 valence electrons. The molecule has 0 aliphatic carbocycles. The molecule has 3 nitrogen and oxygen atoms in total. The molecule has 0 bridgehead atoms. The zero-order valence-corrected chi connectivity index (χ0v) is 9.91.